The summed E-state index contributed by atoms with van der Waals surface area (Å²) in [7, 11) is 0. The maximum Gasteiger partial charge on any atom is 0.333 e. The molecule has 0 spiro atoms. The number of ether oxygens (including phenoxy) is 2. The van der Waals surface area contributed by atoms with Crippen LogP contribution < -0.4 is 4.74 Å². The van der Waals surface area contributed by atoms with Crippen LogP contribution in [0, 0.1) is 0 Å². The van der Waals surface area contributed by atoms with Gasteiger partial charge in [-0.1, -0.05) is 49.0 Å². The van der Waals surface area contributed by atoms with Crippen molar-refractivity contribution in [2.75, 3.05) is 19.8 Å². The van der Waals surface area contributed by atoms with Crippen molar-refractivity contribution < 1.29 is 19.4 Å². The molecule has 144 valence electrons. The van der Waals surface area contributed by atoms with Gasteiger partial charge in [0.25, 0.3) is 0 Å². The molecule has 0 bridgehead atoms. The van der Waals surface area contributed by atoms with E-state index in [1.165, 1.54) is 10.8 Å². The van der Waals surface area contributed by atoms with Gasteiger partial charge in [0.15, 0.2) is 0 Å². The number of fused-ring (bicyclic) bond motifs is 1. The Morgan fingerprint density at radius 1 is 0.964 bits per heavy atom. The summed E-state index contributed by atoms with van der Waals surface area (Å²) in [4.78, 5) is 11.6. The Kier molecular flexibility index (Phi) is 6.45. The lowest BCUT2D eigenvalue weighted by Gasteiger charge is -2.14. The predicted molar refractivity (Wildman–Crippen MR) is 111 cm³/mol. The van der Waals surface area contributed by atoms with Gasteiger partial charge in [-0.05, 0) is 52.6 Å². The zero-order valence-corrected chi connectivity index (χ0v) is 16.0. The van der Waals surface area contributed by atoms with Gasteiger partial charge in [-0.2, -0.15) is 0 Å². The smallest absolute Gasteiger partial charge is 0.333 e. The Hall–Kier alpha value is -3.11. The van der Waals surface area contributed by atoms with E-state index in [9.17, 15) is 4.79 Å². The Bertz CT molecular complexity index is 991. The first-order valence-electron chi connectivity index (χ1n) is 9.27. The van der Waals surface area contributed by atoms with E-state index in [4.69, 9.17) is 14.6 Å². The molecule has 0 radical (unpaired) electrons. The molecular weight excluding hydrogens is 352 g/mol. The quantitative estimate of drug-likeness (QED) is 0.463. The second-order valence-corrected chi connectivity index (χ2v) is 6.62. The topological polar surface area (TPSA) is 55.8 Å². The third kappa shape index (κ3) is 4.78. The van der Waals surface area contributed by atoms with Crippen LogP contribution >= 0.6 is 0 Å². The van der Waals surface area contributed by atoms with E-state index in [1.54, 1.807) is 6.92 Å². The minimum Gasteiger partial charge on any atom is -0.491 e. The number of carbonyl (C=O) groups excluding carboxylic acids is 1. The zero-order chi connectivity index (χ0) is 19.9. The third-order valence-corrected chi connectivity index (χ3v) is 4.45. The Balaban J connectivity index is 1.86. The van der Waals surface area contributed by atoms with Gasteiger partial charge in [-0.25, -0.2) is 4.79 Å². The summed E-state index contributed by atoms with van der Waals surface area (Å²) in [5.41, 5.74) is 3.46. The monoisotopic (exact) mass is 376 g/mol. The summed E-state index contributed by atoms with van der Waals surface area (Å²) in [5.74, 6) is 0.286. The highest BCUT2D eigenvalue weighted by molar-refractivity contribution is 5.88. The number of aliphatic hydroxyl groups is 1. The second-order valence-electron chi connectivity index (χ2n) is 6.62. The highest BCUT2D eigenvalue weighted by Gasteiger charge is 2.10. The lowest BCUT2D eigenvalue weighted by molar-refractivity contribution is -0.138. The van der Waals surface area contributed by atoms with Crippen LogP contribution in [-0.4, -0.2) is 30.9 Å². The van der Waals surface area contributed by atoms with Crippen molar-refractivity contribution in [3.63, 3.8) is 0 Å². The van der Waals surface area contributed by atoms with Crippen LogP contribution in [-0.2, 0) is 16.0 Å². The number of esters is 1. The van der Waals surface area contributed by atoms with Crippen molar-refractivity contribution in [3.05, 3.63) is 78.4 Å². The van der Waals surface area contributed by atoms with Crippen molar-refractivity contribution in [2.24, 2.45) is 0 Å². The summed E-state index contributed by atoms with van der Waals surface area (Å²) in [6, 6.07) is 20.5. The summed E-state index contributed by atoms with van der Waals surface area (Å²) in [6.07, 6.45) is 0.515. The molecule has 0 atom stereocenters. The van der Waals surface area contributed by atoms with Crippen molar-refractivity contribution >= 4 is 16.7 Å². The molecule has 0 heterocycles. The van der Waals surface area contributed by atoms with E-state index in [0.717, 1.165) is 16.7 Å². The maximum absolute atomic E-state index is 11.6. The number of hydrogen-bond acceptors (Lipinski definition) is 4. The molecule has 0 amide bonds. The zero-order valence-electron chi connectivity index (χ0n) is 16.0. The maximum atomic E-state index is 11.6. The molecule has 28 heavy (non-hydrogen) atoms. The van der Waals surface area contributed by atoms with Crippen LogP contribution in [0.25, 0.3) is 21.9 Å². The van der Waals surface area contributed by atoms with Crippen LogP contribution in [0.5, 0.6) is 5.75 Å². The lowest BCUT2D eigenvalue weighted by Crippen LogP contribution is -2.10. The first kappa shape index (κ1) is 19.6. The van der Waals surface area contributed by atoms with Crippen LogP contribution in [0.1, 0.15) is 12.5 Å². The lowest BCUT2D eigenvalue weighted by atomic mass is 9.98. The molecule has 0 saturated carbocycles. The molecule has 3 aromatic carbocycles. The van der Waals surface area contributed by atoms with E-state index in [2.05, 4.69) is 36.9 Å². The fourth-order valence-corrected chi connectivity index (χ4v) is 3.00. The van der Waals surface area contributed by atoms with Gasteiger partial charge in [0, 0.05) is 12.0 Å². The Labute approximate surface area is 165 Å². The summed E-state index contributed by atoms with van der Waals surface area (Å²) < 4.78 is 10.9. The number of carbonyl (C=O) groups is 1. The van der Waals surface area contributed by atoms with Crippen molar-refractivity contribution in [2.45, 2.75) is 13.3 Å². The van der Waals surface area contributed by atoms with Gasteiger partial charge in [-0.15, -0.1) is 0 Å². The number of hydrogen-bond donors (Lipinski definition) is 1. The first-order valence-corrected chi connectivity index (χ1v) is 9.27. The summed E-state index contributed by atoms with van der Waals surface area (Å²) in [5, 5.41) is 11.4. The molecule has 0 saturated heterocycles. The molecule has 0 aliphatic carbocycles. The van der Waals surface area contributed by atoms with Crippen LogP contribution in [0.2, 0.25) is 0 Å². The average molecular weight is 376 g/mol. The van der Waals surface area contributed by atoms with Gasteiger partial charge in [0.05, 0.1) is 13.2 Å². The van der Waals surface area contributed by atoms with E-state index in [1.807, 2.05) is 30.3 Å². The molecule has 3 rings (SSSR count). The molecule has 0 unspecified atom stereocenters. The Morgan fingerprint density at radius 2 is 1.68 bits per heavy atom. The largest absolute Gasteiger partial charge is 0.491 e. The highest BCUT2D eigenvalue weighted by atomic mass is 16.5. The molecule has 3 aromatic rings. The van der Waals surface area contributed by atoms with E-state index >= 15 is 0 Å². The summed E-state index contributed by atoms with van der Waals surface area (Å²) in [6.45, 7) is 5.61. The highest BCUT2D eigenvalue weighted by Crippen LogP contribution is 2.29. The molecular formula is C24H24O4. The van der Waals surface area contributed by atoms with Gasteiger partial charge < -0.3 is 14.6 Å². The molecule has 0 aliphatic heterocycles. The van der Waals surface area contributed by atoms with Crippen LogP contribution in [0.15, 0.2) is 72.8 Å². The molecule has 4 nitrogen and oxygen atoms in total. The predicted octanol–water partition coefficient (Wildman–Crippen LogP) is 4.54. The third-order valence-electron chi connectivity index (χ3n) is 4.45. The van der Waals surface area contributed by atoms with Gasteiger partial charge in [0.1, 0.15) is 12.4 Å². The standard InChI is InChI=1S/C24H24O4/c1-17(2)24(26)28-13-11-22-16-21(9-10-23(22)27-14-12-25)20-8-7-18-5-3-4-6-19(18)15-20/h3-10,15-16,25H,1,11-14H2,2H3. The molecule has 0 aromatic heterocycles. The minimum absolute atomic E-state index is 0.0590. The number of rotatable bonds is 8. The van der Waals surface area contributed by atoms with Crippen LogP contribution in [0.3, 0.4) is 0 Å². The van der Waals surface area contributed by atoms with Crippen LogP contribution in [0.4, 0.5) is 0 Å². The van der Waals surface area contributed by atoms with E-state index < -0.39 is 5.97 Å². The minimum atomic E-state index is -0.400. The second kappa shape index (κ2) is 9.20. The first-order chi connectivity index (χ1) is 13.6. The average Bonchev–Trinajstić information content (AvgIpc) is 2.72. The fraction of sp³-hybridized carbons (Fsp3) is 0.208. The molecule has 1 N–H and O–H groups in total. The normalized spacial score (nSPS) is 10.6. The Morgan fingerprint density at radius 3 is 2.43 bits per heavy atom. The van der Waals surface area contributed by atoms with Crippen molar-refractivity contribution in [3.8, 4) is 16.9 Å². The van der Waals surface area contributed by atoms with Gasteiger partial charge in [-0.3, -0.25) is 0 Å². The number of aliphatic hydroxyl groups excluding tert-OH is 1. The molecule has 4 heteroatoms. The molecule has 0 aliphatic rings. The van der Waals surface area contributed by atoms with Crippen molar-refractivity contribution in [1.29, 1.82) is 0 Å². The van der Waals surface area contributed by atoms with E-state index in [0.29, 0.717) is 17.7 Å². The van der Waals surface area contributed by atoms with Gasteiger partial charge in [0.2, 0.25) is 0 Å². The molecule has 0 fully saturated rings. The number of benzene rings is 3. The van der Waals surface area contributed by atoms with Gasteiger partial charge >= 0.3 is 5.97 Å². The van der Waals surface area contributed by atoms with E-state index in [-0.39, 0.29) is 19.8 Å². The SMILES string of the molecule is C=C(C)C(=O)OCCc1cc(-c2ccc3ccccc3c2)ccc1OCCO. The fourth-order valence-electron chi connectivity index (χ4n) is 3.00. The van der Waals surface area contributed by atoms with Crippen molar-refractivity contribution in [1.82, 2.24) is 0 Å². The summed E-state index contributed by atoms with van der Waals surface area (Å²) >= 11 is 0.